The number of pyridine rings is 1. The molecule has 35 heavy (non-hydrogen) atoms. The van der Waals surface area contributed by atoms with Crippen LogP contribution in [0.3, 0.4) is 0 Å². The Hall–Kier alpha value is -3.49. The number of likely N-dealkylation sites (tertiary alicyclic amines) is 1. The van der Waals surface area contributed by atoms with Crippen LogP contribution in [-0.4, -0.2) is 64.9 Å². The number of carbonyl (C=O) groups is 2. The van der Waals surface area contributed by atoms with E-state index < -0.39 is 11.7 Å². The van der Waals surface area contributed by atoms with E-state index in [-0.39, 0.29) is 25.3 Å². The van der Waals surface area contributed by atoms with Gasteiger partial charge < -0.3 is 23.8 Å². The molecule has 0 bridgehead atoms. The van der Waals surface area contributed by atoms with Crippen molar-refractivity contribution in [2.24, 2.45) is 0 Å². The molecule has 0 spiro atoms. The van der Waals surface area contributed by atoms with E-state index in [1.165, 1.54) is 0 Å². The number of carbonyl (C=O) groups excluding carboxylic acids is 2. The van der Waals surface area contributed by atoms with Crippen molar-refractivity contribution in [3.63, 3.8) is 0 Å². The first-order chi connectivity index (χ1) is 16.8. The average molecular weight is 484 g/mol. The zero-order valence-electron chi connectivity index (χ0n) is 20.6. The largest absolute Gasteiger partial charge is 0.486 e. The van der Waals surface area contributed by atoms with Crippen molar-refractivity contribution in [3.05, 3.63) is 53.9 Å². The highest BCUT2D eigenvalue weighted by Crippen LogP contribution is 2.30. The second-order valence-electron chi connectivity index (χ2n) is 9.69. The molecule has 0 aliphatic carbocycles. The molecule has 9 nitrogen and oxygen atoms in total. The number of fused-ring (bicyclic) bond motifs is 1. The van der Waals surface area contributed by atoms with E-state index in [0.29, 0.717) is 56.3 Å². The van der Waals surface area contributed by atoms with Crippen LogP contribution in [0.5, 0.6) is 11.5 Å². The minimum absolute atomic E-state index is 0.0991. The zero-order chi connectivity index (χ0) is 24.8. The number of aromatic nitrogens is 1. The first-order valence-electron chi connectivity index (χ1n) is 12.0. The van der Waals surface area contributed by atoms with Crippen LogP contribution in [0.15, 0.2) is 42.6 Å². The van der Waals surface area contributed by atoms with Gasteiger partial charge in [0.1, 0.15) is 25.4 Å². The minimum Gasteiger partial charge on any atom is -0.486 e. The van der Waals surface area contributed by atoms with Gasteiger partial charge in [-0.3, -0.25) is 9.88 Å². The van der Waals surface area contributed by atoms with Gasteiger partial charge in [-0.15, -0.1) is 0 Å². The SMILES string of the molecule is CC(C)(C)OC(=O)N(Cc1cc2c(cn1)OCCO2)C1CCN(C(=O)OCc2ccccc2)CC1. The standard InChI is InChI=1S/C26H33N3O6/c1-26(2,3)35-25(31)29(17-20-15-22-23(16-27-20)33-14-13-32-22)21-9-11-28(12-10-21)24(30)34-18-19-7-5-4-6-8-19/h4-8,15-16,21H,9-14,17-18H2,1-3H3. The quantitative estimate of drug-likeness (QED) is 0.623. The second kappa shape index (κ2) is 10.8. The van der Waals surface area contributed by atoms with Crippen LogP contribution in [0.1, 0.15) is 44.9 Å². The van der Waals surface area contributed by atoms with Gasteiger partial charge in [0.25, 0.3) is 0 Å². The summed E-state index contributed by atoms with van der Waals surface area (Å²) in [6.45, 7) is 7.99. The molecule has 3 heterocycles. The summed E-state index contributed by atoms with van der Waals surface area (Å²) in [6, 6.07) is 11.3. The van der Waals surface area contributed by atoms with Crippen molar-refractivity contribution in [2.45, 2.75) is 58.4 Å². The fourth-order valence-electron chi connectivity index (χ4n) is 4.08. The van der Waals surface area contributed by atoms with Crippen molar-refractivity contribution in [1.29, 1.82) is 0 Å². The molecule has 4 rings (SSSR count). The van der Waals surface area contributed by atoms with E-state index in [1.54, 1.807) is 16.0 Å². The van der Waals surface area contributed by atoms with Crippen molar-refractivity contribution < 1.29 is 28.5 Å². The molecule has 0 atom stereocenters. The molecule has 0 unspecified atom stereocenters. The molecule has 9 heteroatoms. The van der Waals surface area contributed by atoms with Crippen molar-refractivity contribution in [3.8, 4) is 11.5 Å². The third-order valence-corrected chi connectivity index (χ3v) is 5.82. The molecule has 0 saturated carbocycles. The Morgan fingerprint density at radius 2 is 1.77 bits per heavy atom. The van der Waals surface area contributed by atoms with Gasteiger partial charge in [-0.05, 0) is 39.2 Å². The number of benzene rings is 1. The van der Waals surface area contributed by atoms with Crippen molar-refractivity contribution >= 4 is 12.2 Å². The summed E-state index contributed by atoms with van der Waals surface area (Å²) in [5, 5.41) is 0. The Bertz CT molecular complexity index is 1020. The van der Waals surface area contributed by atoms with Gasteiger partial charge >= 0.3 is 12.2 Å². The summed E-state index contributed by atoms with van der Waals surface area (Å²) in [5.74, 6) is 1.23. The summed E-state index contributed by atoms with van der Waals surface area (Å²) in [4.78, 5) is 33.6. The summed E-state index contributed by atoms with van der Waals surface area (Å²) < 4.78 is 22.4. The molecule has 0 N–H and O–H groups in total. The number of ether oxygens (including phenoxy) is 4. The first kappa shape index (κ1) is 24.6. The van der Waals surface area contributed by atoms with Crippen LogP contribution in [0.25, 0.3) is 0 Å². The van der Waals surface area contributed by atoms with Gasteiger partial charge in [0.05, 0.1) is 18.4 Å². The fourth-order valence-corrected chi connectivity index (χ4v) is 4.08. The van der Waals surface area contributed by atoms with Gasteiger partial charge in [0, 0.05) is 25.2 Å². The molecule has 188 valence electrons. The number of amides is 2. The molecule has 0 radical (unpaired) electrons. The van der Waals surface area contributed by atoms with Crippen molar-refractivity contribution in [1.82, 2.24) is 14.8 Å². The summed E-state index contributed by atoms with van der Waals surface area (Å²) in [6.07, 6.45) is 2.11. The predicted molar refractivity (Wildman–Crippen MR) is 128 cm³/mol. The molecule has 2 aliphatic rings. The highest BCUT2D eigenvalue weighted by atomic mass is 16.6. The number of rotatable bonds is 5. The highest BCUT2D eigenvalue weighted by molar-refractivity contribution is 5.69. The summed E-state index contributed by atoms with van der Waals surface area (Å²) >= 11 is 0. The van der Waals surface area contributed by atoms with Crippen LogP contribution in [-0.2, 0) is 22.6 Å². The Balaban J connectivity index is 1.39. The minimum atomic E-state index is -0.627. The normalized spacial score (nSPS) is 15.9. The van der Waals surface area contributed by atoms with E-state index in [1.807, 2.05) is 57.2 Å². The lowest BCUT2D eigenvalue weighted by atomic mass is 10.0. The molecular weight excluding hydrogens is 450 g/mol. The molecular formula is C26H33N3O6. The van der Waals surface area contributed by atoms with Crippen LogP contribution in [0, 0.1) is 0 Å². The number of nitrogens with zero attached hydrogens (tertiary/aromatic N) is 3. The lowest BCUT2D eigenvalue weighted by molar-refractivity contribution is 0.00505. The van der Waals surface area contributed by atoms with Gasteiger partial charge in [0.2, 0.25) is 0 Å². The van der Waals surface area contributed by atoms with Gasteiger partial charge in [-0.2, -0.15) is 0 Å². The molecule has 2 aromatic rings. The van der Waals surface area contributed by atoms with E-state index in [4.69, 9.17) is 18.9 Å². The van der Waals surface area contributed by atoms with Gasteiger partial charge in [-0.25, -0.2) is 9.59 Å². The van der Waals surface area contributed by atoms with E-state index in [2.05, 4.69) is 4.98 Å². The topological polar surface area (TPSA) is 90.4 Å². The average Bonchev–Trinajstić information content (AvgIpc) is 2.85. The maximum Gasteiger partial charge on any atom is 0.410 e. The smallest absolute Gasteiger partial charge is 0.410 e. The van der Waals surface area contributed by atoms with Crippen molar-refractivity contribution in [2.75, 3.05) is 26.3 Å². The van der Waals surface area contributed by atoms with E-state index >= 15 is 0 Å². The third-order valence-electron chi connectivity index (χ3n) is 5.82. The lowest BCUT2D eigenvalue weighted by Crippen LogP contribution is -2.49. The molecule has 2 amide bonds. The molecule has 2 aliphatic heterocycles. The maximum atomic E-state index is 13.1. The summed E-state index contributed by atoms with van der Waals surface area (Å²) in [5.41, 5.74) is 1.00. The summed E-state index contributed by atoms with van der Waals surface area (Å²) in [7, 11) is 0. The Labute approximate surface area is 205 Å². The Kier molecular flexibility index (Phi) is 7.63. The fraction of sp³-hybridized carbons (Fsp3) is 0.500. The maximum absolute atomic E-state index is 13.1. The van der Waals surface area contributed by atoms with Gasteiger partial charge in [0.15, 0.2) is 11.5 Å². The third kappa shape index (κ3) is 6.77. The lowest BCUT2D eigenvalue weighted by Gasteiger charge is -2.38. The number of hydrogen-bond donors (Lipinski definition) is 0. The second-order valence-corrected chi connectivity index (χ2v) is 9.69. The monoisotopic (exact) mass is 483 g/mol. The van der Waals surface area contributed by atoms with E-state index in [0.717, 1.165) is 5.56 Å². The van der Waals surface area contributed by atoms with Crippen LogP contribution >= 0.6 is 0 Å². The van der Waals surface area contributed by atoms with E-state index in [9.17, 15) is 9.59 Å². The van der Waals surface area contributed by atoms with Crippen LogP contribution in [0.4, 0.5) is 9.59 Å². The first-order valence-corrected chi connectivity index (χ1v) is 12.0. The molecule has 1 aromatic heterocycles. The number of hydrogen-bond acceptors (Lipinski definition) is 7. The number of piperidine rings is 1. The highest BCUT2D eigenvalue weighted by Gasteiger charge is 2.33. The molecule has 1 aromatic carbocycles. The molecule has 1 saturated heterocycles. The Morgan fingerprint density at radius 3 is 2.46 bits per heavy atom. The van der Waals surface area contributed by atoms with Gasteiger partial charge in [-0.1, -0.05) is 30.3 Å². The Morgan fingerprint density at radius 1 is 1.09 bits per heavy atom. The van der Waals surface area contributed by atoms with Crippen LogP contribution in [0.2, 0.25) is 0 Å². The zero-order valence-corrected chi connectivity index (χ0v) is 20.6. The van der Waals surface area contributed by atoms with Crippen LogP contribution < -0.4 is 9.47 Å². The molecule has 1 fully saturated rings. The predicted octanol–water partition coefficient (Wildman–Crippen LogP) is 4.39.